The molecule has 0 fully saturated rings. The van der Waals surface area contributed by atoms with Gasteiger partial charge in [-0.3, -0.25) is 4.79 Å². The highest BCUT2D eigenvalue weighted by Gasteiger charge is 2.12. The molecule has 0 aliphatic carbocycles. The molecule has 0 unspecified atom stereocenters. The Hall–Kier alpha value is -3.60. The Balaban J connectivity index is 1.38. The molecule has 1 aromatic heterocycles. The number of nitrogens with zero attached hydrogens (tertiary/aromatic N) is 2. The fraction of sp³-hybridized carbons (Fsp3) is 0.259. The van der Waals surface area contributed by atoms with Gasteiger partial charge in [-0.15, -0.1) is 0 Å². The summed E-state index contributed by atoms with van der Waals surface area (Å²) in [6, 6.07) is 23.9. The van der Waals surface area contributed by atoms with Crippen LogP contribution in [0.1, 0.15) is 33.7 Å². The minimum absolute atomic E-state index is 0.0528. The van der Waals surface area contributed by atoms with Gasteiger partial charge in [0.25, 0.3) is 5.91 Å². The number of imidazole rings is 1. The molecule has 0 bridgehead atoms. The summed E-state index contributed by atoms with van der Waals surface area (Å²) in [6.45, 7) is 6.04. The SMILES string of the molecule is Cc1cccc(C(=O)NCCc2nc3ccccc3n2CCCOc2ccccc2C)c1. The molecule has 1 N–H and O–H groups in total. The number of nitrogens with one attached hydrogen (secondary N) is 1. The second-order valence-corrected chi connectivity index (χ2v) is 8.01. The van der Waals surface area contributed by atoms with E-state index in [1.807, 2.05) is 67.6 Å². The lowest BCUT2D eigenvalue weighted by Gasteiger charge is -2.12. The molecule has 1 amide bonds. The molecule has 0 saturated heterocycles. The van der Waals surface area contributed by atoms with E-state index in [-0.39, 0.29) is 5.91 Å². The summed E-state index contributed by atoms with van der Waals surface area (Å²) in [5.41, 5.74) is 5.00. The van der Waals surface area contributed by atoms with Crippen LogP contribution in [0.3, 0.4) is 0 Å². The molecule has 0 atom stereocenters. The Bertz CT molecular complexity index is 1210. The van der Waals surface area contributed by atoms with Gasteiger partial charge in [-0.25, -0.2) is 4.98 Å². The lowest BCUT2D eigenvalue weighted by atomic mass is 10.1. The Morgan fingerprint density at radius 1 is 1.00 bits per heavy atom. The van der Waals surface area contributed by atoms with Gasteiger partial charge in [-0.1, -0.05) is 48.0 Å². The highest BCUT2D eigenvalue weighted by atomic mass is 16.5. The van der Waals surface area contributed by atoms with Gasteiger partial charge in [-0.05, 0) is 56.2 Å². The minimum atomic E-state index is -0.0528. The number of para-hydroxylation sites is 3. The lowest BCUT2D eigenvalue weighted by Crippen LogP contribution is -2.26. The van der Waals surface area contributed by atoms with Crippen LogP contribution >= 0.6 is 0 Å². The molecule has 164 valence electrons. The van der Waals surface area contributed by atoms with Gasteiger partial charge < -0.3 is 14.6 Å². The number of benzene rings is 3. The highest BCUT2D eigenvalue weighted by molar-refractivity contribution is 5.94. The van der Waals surface area contributed by atoms with Gasteiger partial charge in [0.2, 0.25) is 0 Å². The van der Waals surface area contributed by atoms with Crippen molar-refractivity contribution in [2.24, 2.45) is 0 Å². The maximum absolute atomic E-state index is 12.5. The number of hydrogen-bond acceptors (Lipinski definition) is 3. The van der Waals surface area contributed by atoms with Gasteiger partial charge in [0.1, 0.15) is 11.6 Å². The van der Waals surface area contributed by atoms with Crippen LogP contribution in [0.25, 0.3) is 11.0 Å². The third-order valence-corrected chi connectivity index (χ3v) is 5.53. The second kappa shape index (κ2) is 10.1. The molecule has 4 rings (SSSR count). The van der Waals surface area contributed by atoms with Crippen molar-refractivity contribution in [1.82, 2.24) is 14.9 Å². The van der Waals surface area contributed by atoms with Gasteiger partial charge in [-0.2, -0.15) is 0 Å². The molecule has 0 aliphatic heterocycles. The number of rotatable bonds is 9. The molecular formula is C27H29N3O2. The molecule has 0 saturated carbocycles. The van der Waals surface area contributed by atoms with Crippen LogP contribution < -0.4 is 10.1 Å². The first-order chi connectivity index (χ1) is 15.6. The highest BCUT2D eigenvalue weighted by Crippen LogP contribution is 2.19. The number of hydrogen-bond donors (Lipinski definition) is 1. The summed E-state index contributed by atoms with van der Waals surface area (Å²) in [5, 5.41) is 3.02. The van der Waals surface area contributed by atoms with E-state index in [2.05, 4.69) is 28.9 Å². The molecule has 0 spiro atoms. The van der Waals surface area contributed by atoms with Gasteiger partial charge in [0.15, 0.2) is 0 Å². The van der Waals surface area contributed by atoms with Gasteiger partial charge in [0.05, 0.1) is 17.6 Å². The largest absolute Gasteiger partial charge is 0.493 e. The number of carbonyl (C=O) groups excluding carboxylic acids is 1. The number of amides is 1. The topological polar surface area (TPSA) is 56.2 Å². The third-order valence-electron chi connectivity index (χ3n) is 5.53. The minimum Gasteiger partial charge on any atom is -0.493 e. The zero-order valence-electron chi connectivity index (χ0n) is 18.7. The zero-order chi connectivity index (χ0) is 22.3. The van der Waals surface area contributed by atoms with E-state index in [0.717, 1.165) is 46.7 Å². The first-order valence-electron chi connectivity index (χ1n) is 11.1. The molecule has 1 heterocycles. The van der Waals surface area contributed by atoms with Crippen LogP contribution in [0.2, 0.25) is 0 Å². The number of carbonyl (C=O) groups is 1. The first-order valence-corrected chi connectivity index (χ1v) is 11.1. The van der Waals surface area contributed by atoms with E-state index in [0.29, 0.717) is 25.1 Å². The van der Waals surface area contributed by atoms with Crippen molar-refractivity contribution < 1.29 is 9.53 Å². The lowest BCUT2D eigenvalue weighted by molar-refractivity contribution is 0.0954. The molecule has 32 heavy (non-hydrogen) atoms. The normalized spacial score (nSPS) is 10.9. The second-order valence-electron chi connectivity index (χ2n) is 8.01. The Kier molecular flexibility index (Phi) is 6.85. The smallest absolute Gasteiger partial charge is 0.251 e. The standard InChI is InChI=1S/C27H29N3O2/c1-20-9-7-11-22(19-20)27(31)28-16-15-26-29-23-12-4-5-13-24(23)30(26)17-8-18-32-25-14-6-3-10-21(25)2/h3-7,9-14,19H,8,15-18H2,1-2H3,(H,28,31). The van der Waals surface area contributed by atoms with E-state index in [4.69, 9.17) is 9.72 Å². The maximum atomic E-state index is 12.5. The summed E-state index contributed by atoms with van der Waals surface area (Å²) in [6.07, 6.45) is 1.54. The van der Waals surface area contributed by atoms with Crippen LogP contribution in [0.5, 0.6) is 5.75 Å². The predicted octanol–water partition coefficient (Wildman–Crippen LogP) is 5.09. The van der Waals surface area contributed by atoms with Crippen molar-refractivity contribution in [3.63, 3.8) is 0 Å². The van der Waals surface area contributed by atoms with Crippen LogP contribution in [0.15, 0.2) is 72.8 Å². The summed E-state index contributed by atoms with van der Waals surface area (Å²) < 4.78 is 8.21. The number of aryl methyl sites for hydroxylation is 3. The fourth-order valence-corrected chi connectivity index (χ4v) is 3.87. The number of fused-ring (bicyclic) bond motifs is 1. The average Bonchev–Trinajstić information content (AvgIpc) is 3.15. The van der Waals surface area contributed by atoms with E-state index >= 15 is 0 Å². The van der Waals surface area contributed by atoms with E-state index in [1.54, 1.807) is 0 Å². The molecule has 4 aromatic rings. The van der Waals surface area contributed by atoms with E-state index in [1.165, 1.54) is 0 Å². The summed E-state index contributed by atoms with van der Waals surface area (Å²) in [4.78, 5) is 17.3. The predicted molar refractivity (Wildman–Crippen MR) is 128 cm³/mol. The van der Waals surface area contributed by atoms with Gasteiger partial charge in [0, 0.05) is 25.1 Å². The molecule has 0 aliphatic rings. The van der Waals surface area contributed by atoms with Crippen molar-refractivity contribution in [3.05, 3.63) is 95.3 Å². The summed E-state index contributed by atoms with van der Waals surface area (Å²) >= 11 is 0. The van der Waals surface area contributed by atoms with Crippen LogP contribution in [-0.2, 0) is 13.0 Å². The molecular weight excluding hydrogens is 398 g/mol. The molecule has 0 radical (unpaired) electrons. The first kappa shape index (κ1) is 21.6. The number of ether oxygens (including phenoxy) is 1. The van der Waals surface area contributed by atoms with E-state index < -0.39 is 0 Å². The number of aromatic nitrogens is 2. The van der Waals surface area contributed by atoms with E-state index in [9.17, 15) is 4.79 Å². The van der Waals surface area contributed by atoms with Crippen LogP contribution in [-0.4, -0.2) is 28.6 Å². The van der Waals surface area contributed by atoms with Gasteiger partial charge >= 0.3 is 0 Å². The summed E-state index contributed by atoms with van der Waals surface area (Å²) in [7, 11) is 0. The molecule has 5 nitrogen and oxygen atoms in total. The monoisotopic (exact) mass is 427 g/mol. The van der Waals surface area contributed by atoms with Crippen molar-refractivity contribution in [1.29, 1.82) is 0 Å². The van der Waals surface area contributed by atoms with Crippen molar-refractivity contribution in [2.45, 2.75) is 33.2 Å². The van der Waals surface area contributed by atoms with Crippen LogP contribution in [0.4, 0.5) is 0 Å². The fourth-order valence-electron chi connectivity index (χ4n) is 3.87. The Morgan fingerprint density at radius 2 is 1.81 bits per heavy atom. The maximum Gasteiger partial charge on any atom is 0.251 e. The molecule has 5 heteroatoms. The van der Waals surface area contributed by atoms with Crippen molar-refractivity contribution in [2.75, 3.05) is 13.2 Å². The Labute approximate surface area is 189 Å². The molecule has 3 aromatic carbocycles. The van der Waals surface area contributed by atoms with Crippen molar-refractivity contribution in [3.8, 4) is 5.75 Å². The average molecular weight is 428 g/mol. The quantitative estimate of drug-likeness (QED) is 0.378. The van der Waals surface area contributed by atoms with Crippen molar-refractivity contribution >= 4 is 16.9 Å². The summed E-state index contributed by atoms with van der Waals surface area (Å²) in [5.74, 6) is 1.86. The zero-order valence-corrected chi connectivity index (χ0v) is 18.7. The van der Waals surface area contributed by atoms with Crippen LogP contribution in [0, 0.1) is 13.8 Å². The third kappa shape index (κ3) is 5.17. The Morgan fingerprint density at radius 3 is 2.66 bits per heavy atom.